The number of anilines is 3. The molecule has 0 spiro atoms. The normalized spacial score (nSPS) is 12.4. The highest BCUT2D eigenvalue weighted by Crippen LogP contribution is 2.26. The summed E-state index contributed by atoms with van der Waals surface area (Å²) in [4.78, 5) is 20.8. The van der Waals surface area contributed by atoms with E-state index in [0.717, 1.165) is 21.1 Å². The lowest BCUT2D eigenvalue weighted by atomic mass is 10.0. The van der Waals surface area contributed by atoms with Crippen molar-refractivity contribution in [1.29, 1.82) is 0 Å². The van der Waals surface area contributed by atoms with Gasteiger partial charge >= 0.3 is 0 Å². The molecule has 0 aliphatic carbocycles. The third-order valence-corrected chi connectivity index (χ3v) is 4.50. The zero-order chi connectivity index (χ0) is 20.9. The average Bonchev–Trinajstić information content (AvgIpc) is 2.67. The second kappa shape index (κ2) is 8.86. The molecule has 3 aromatic rings. The maximum Gasteiger partial charge on any atom is 0.300 e. The van der Waals surface area contributed by atoms with Crippen LogP contribution in [0.4, 0.5) is 17.2 Å². The molecular weight excluding hydrogens is 430 g/mol. The SMILES string of the molecule is C=CCC(C)(N)C#CC(=O)Nc1ccc2ncnc(Nc3cccc(Br)c3)c2c1. The van der Waals surface area contributed by atoms with E-state index in [1.807, 2.05) is 30.3 Å². The van der Waals surface area contributed by atoms with Gasteiger partial charge in [0.05, 0.1) is 11.1 Å². The fourth-order valence-corrected chi connectivity index (χ4v) is 3.05. The standard InChI is InChI=1S/C22H20BrN5O/c1-3-10-22(2,24)11-9-20(29)27-17-7-8-19-18(13-17)21(26-14-25-19)28-16-6-4-5-15(23)12-16/h3-8,12-14H,1,10,24H2,2H3,(H,27,29)(H,25,26,28). The summed E-state index contributed by atoms with van der Waals surface area (Å²) in [5.41, 5.74) is 7.42. The van der Waals surface area contributed by atoms with Crippen molar-refractivity contribution in [3.8, 4) is 11.8 Å². The number of nitrogens with two attached hydrogens (primary N) is 1. The number of halogens is 1. The third-order valence-electron chi connectivity index (χ3n) is 4.01. The van der Waals surface area contributed by atoms with Gasteiger partial charge in [-0.15, -0.1) is 6.58 Å². The Morgan fingerprint density at radius 1 is 1.28 bits per heavy atom. The molecule has 7 heteroatoms. The van der Waals surface area contributed by atoms with Crippen LogP contribution in [0.25, 0.3) is 10.9 Å². The van der Waals surface area contributed by atoms with Crippen LogP contribution in [0.3, 0.4) is 0 Å². The van der Waals surface area contributed by atoms with E-state index >= 15 is 0 Å². The molecule has 6 nitrogen and oxygen atoms in total. The van der Waals surface area contributed by atoms with Crippen LogP contribution in [0, 0.1) is 11.8 Å². The largest absolute Gasteiger partial charge is 0.340 e. The highest BCUT2D eigenvalue weighted by molar-refractivity contribution is 9.10. The summed E-state index contributed by atoms with van der Waals surface area (Å²) in [6.45, 7) is 5.40. The van der Waals surface area contributed by atoms with Crippen LogP contribution in [-0.4, -0.2) is 21.4 Å². The molecule has 0 aliphatic rings. The second-order valence-electron chi connectivity index (χ2n) is 6.70. The van der Waals surface area contributed by atoms with Crippen LogP contribution >= 0.6 is 15.9 Å². The molecule has 3 rings (SSSR count). The summed E-state index contributed by atoms with van der Waals surface area (Å²) in [6.07, 6.45) is 3.66. The number of hydrogen-bond donors (Lipinski definition) is 3. The fourth-order valence-electron chi connectivity index (χ4n) is 2.65. The van der Waals surface area contributed by atoms with Crippen LogP contribution in [0.15, 0.2) is 65.9 Å². The first kappa shape index (κ1) is 20.5. The Balaban J connectivity index is 1.85. The highest BCUT2D eigenvalue weighted by atomic mass is 79.9. The molecule has 146 valence electrons. The van der Waals surface area contributed by atoms with Crippen LogP contribution in [0.1, 0.15) is 13.3 Å². The summed E-state index contributed by atoms with van der Waals surface area (Å²) >= 11 is 3.45. The topological polar surface area (TPSA) is 92.9 Å². The van der Waals surface area contributed by atoms with E-state index in [1.165, 1.54) is 6.33 Å². The molecule has 1 unspecified atom stereocenters. The number of aromatic nitrogens is 2. The number of amides is 1. The minimum absolute atomic E-state index is 0.441. The van der Waals surface area contributed by atoms with E-state index < -0.39 is 11.4 Å². The zero-order valence-corrected chi connectivity index (χ0v) is 17.5. The van der Waals surface area contributed by atoms with E-state index in [0.29, 0.717) is 17.9 Å². The van der Waals surface area contributed by atoms with Gasteiger partial charge in [0.15, 0.2) is 0 Å². The van der Waals surface area contributed by atoms with Gasteiger partial charge < -0.3 is 16.4 Å². The minimum atomic E-state index is -0.794. The zero-order valence-electron chi connectivity index (χ0n) is 15.9. The minimum Gasteiger partial charge on any atom is -0.340 e. The van der Waals surface area contributed by atoms with Gasteiger partial charge in [0, 0.05) is 21.2 Å². The van der Waals surface area contributed by atoms with Crippen LogP contribution in [0.2, 0.25) is 0 Å². The molecule has 1 aromatic heterocycles. The first-order valence-electron chi connectivity index (χ1n) is 8.87. The third kappa shape index (κ3) is 5.64. The Bertz CT molecular complexity index is 1130. The number of nitrogens with one attached hydrogen (secondary N) is 2. The number of rotatable bonds is 5. The highest BCUT2D eigenvalue weighted by Gasteiger charge is 2.12. The van der Waals surface area contributed by atoms with Gasteiger partial charge in [0.2, 0.25) is 0 Å². The van der Waals surface area contributed by atoms with Gasteiger partial charge in [-0.3, -0.25) is 4.79 Å². The first-order chi connectivity index (χ1) is 13.9. The predicted molar refractivity (Wildman–Crippen MR) is 121 cm³/mol. The Kier molecular flexibility index (Phi) is 6.27. The molecule has 1 atom stereocenters. The molecule has 29 heavy (non-hydrogen) atoms. The van der Waals surface area contributed by atoms with Gasteiger partial charge in [-0.05, 0) is 55.7 Å². The lowest BCUT2D eigenvalue weighted by Gasteiger charge is -2.14. The Hall–Kier alpha value is -3.21. The lowest BCUT2D eigenvalue weighted by Crippen LogP contribution is -2.33. The quantitative estimate of drug-likeness (QED) is 0.397. The number of nitrogens with zero attached hydrogens (tertiary/aromatic N) is 2. The van der Waals surface area contributed by atoms with Crippen LogP contribution < -0.4 is 16.4 Å². The van der Waals surface area contributed by atoms with Gasteiger partial charge in [-0.2, -0.15) is 0 Å². The summed E-state index contributed by atoms with van der Waals surface area (Å²) in [7, 11) is 0. The maximum absolute atomic E-state index is 12.2. The molecule has 0 radical (unpaired) electrons. The molecule has 1 amide bonds. The molecule has 2 aromatic carbocycles. The van der Waals surface area contributed by atoms with Gasteiger partial charge in [0.25, 0.3) is 5.91 Å². The number of hydrogen-bond acceptors (Lipinski definition) is 5. The Morgan fingerprint density at radius 2 is 2.10 bits per heavy atom. The maximum atomic E-state index is 12.2. The molecule has 0 saturated carbocycles. The lowest BCUT2D eigenvalue weighted by molar-refractivity contribution is -0.111. The van der Waals surface area contributed by atoms with E-state index in [1.54, 1.807) is 25.1 Å². The molecule has 0 saturated heterocycles. The van der Waals surface area contributed by atoms with E-state index in [2.05, 4.69) is 55.0 Å². The van der Waals surface area contributed by atoms with Gasteiger partial charge in [-0.25, -0.2) is 9.97 Å². The summed E-state index contributed by atoms with van der Waals surface area (Å²) in [6, 6.07) is 13.1. The van der Waals surface area contributed by atoms with Crippen molar-refractivity contribution in [1.82, 2.24) is 9.97 Å². The molecule has 0 aliphatic heterocycles. The van der Waals surface area contributed by atoms with Crippen LogP contribution in [-0.2, 0) is 4.79 Å². The van der Waals surface area contributed by atoms with Gasteiger partial charge in [-0.1, -0.05) is 34.0 Å². The Morgan fingerprint density at radius 3 is 2.86 bits per heavy atom. The van der Waals surface area contributed by atoms with Crippen molar-refractivity contribution in [3.63, 3.8) is 0 Å². The Labute approximate surface area is 177 Å². The molecular formula is C22H20BrN5O. The summed E-state index contributed by atoms with van der Waals surface area (Å²) in [5.74, 6) is 5.50. The predicted octanol–water partition coefficient (Wildman–Crippen LogP) is 4.37. The first-order valence-corrected chi connectivity index (χ1v) is 9.67. The molecule has 1 heterocycles. The monoisotopic (exact) mass is 449 g/mol. The van der Waals surface area contributed by atoms with Crippen molar-refractivity contribution in [2.45, 2.75) is 18.9 Å². The summed E-state index contributed by atoms with van der Waals surface area (Å²) in [5, 5.41) is 6.82. The molecule has 4 N–H and O–H groups in total. The molecule has 0 fully saturated rings. The number of fused-ring (bicyclic) bond motifs is 1. The van der Waals surface area contributed by atoms with Crippen molar-refractivity contribution < 1.29 is 4.79 Å². The number of carbonyl (C=O) groups is 1. The van der Waals surface area contributed by atoms with Crippen molar-refractivity contribution >= 4 is 49.9 Å². The van der Waals surface area contributed by atoms with Gasteiger partial charge in [0.1, 0.15) is 12.1 Å². The smallest absolute Gasteiger partial charge is 0.300 e. The number of benzene rings is 2. The summed E-state index contributed by atoms with van der Waals surface area (Å²) < 4.78 is 0.954. The fraction of sp³-hybridized carbons (Fsp3) is 0.136. The van der Waals surface area contributed by atoms with Crippen molar-refractivity contribution in [3.05, 3.63) is 65.9 Å². The second-order valence-corrected chi connectivity index (χ2v) is 7.62. The van der Waals surface area contributed by atoms with Crippen molar-refractivity contribution in [2.75, 3.05) is 10.6 Å². The van der Waals surface area contributed by atoms with E-state index in [-0.39, 0.29) is 0 Å². The van der Waals surface area contributed by atoms with E-state index in [4.69, 9.17) is 5.73 Å². The number of carbonyl (C=O) groups excluding carboxylic acids is 1. The average molecular weight is 450 g/mol. The van der Waals surface area contributed by atoms with Crippen LogP contribution in [0.5, 0.6) is 0 Å². The van der Waals surface area contributed by atoms with E-state index in [9.17, 15) is 4.79 Å². The molecule has 0 bridgehead atoms. The van der Waals surface area contributed by atoms with Crippen molar-refractivity contribution in [2.24, 2.45) is 5.73 Å².